The van der Waals surface area contributed by atoms with E-state index in [-0.39, 0.29) is 14.9 Å². The molecule has 0 radical (unpaired) electrons. The van der Waals surface area contributed by atoms with Crippen LogP contribution in [0.3, 0.4) is 0 Å². The third-order valence-corrected chi connectivity index (χ3v) is 7.43. The Morgan fingerprint density at radius 2 is 1.77 bits per heavy atom. The molecule has 35 heavy (non-hydrogen) atoms. The van der Waals surface area contributed by atoms with Crippen molar-refractivity contribution >= 4 is 55.8 Å². The quantitative estimate of drug-likeness (QED) is 0.268. The molecular weight excluding hydrogens is 509 g/mol. The van der Waals surface area contributed by atoms with Crippen LogP contribution in [0.1, 0.15) is 5.69 Å². The van der Waals surface area contributed by atoms with E-state index in [1.807, 2.05) is 18.2 Å². The summed E-state index contributed by atoms with van der Waals surface area (Å²) >= 11 is 12.0. The normalized spacial score (nSPS) is 11.5. The third-order valence-electron chi connectivity index (χ3n) is 5.07. The van der Waals surface area contributed by atoms with Gasteiger partial charge in [-0.2, -0.15) is 5.10 Å². The minimum atomic E-state index is -3.93. The van der Waals surface area contributed by atoms with E-state index in [0.717, 1.165) is 11.1 Å². The Labute approximate surface area is 210 Å². The summed E-state index contributed by atoms with van der Waals surface area (Å²) in [5.41, 5.74) is 2.46. The van der Waals surface area contributed by atoms with Crippen LogP contribution >= 0.6 is 23.2 Å². The van der Waals surface area contributed by atoms with Crippen LogP contribution in [0.2, 0.25) is 10.0 Å². The van der Waals surface area contributed by atoms with Crippen molar-refractivity contribution in [2.45, 2.75) is 11.4 Å². The number of fused-ring (bicyclic) bond motifs is 1. The summed E-state index contributed by atoms with van der Waals surface area (Å²) in [5.74, 6) is 1.04. The van der Waals surface area contributed by atoms with Gasteiger partial charge in [0.25, 0.3) is 10.0 Å². The maximum absolute atomic E-state index is 12.8. The molecule has 0 aliphatic heterocycles. The lowest BCUT2D eigenvalue weighted by Gasteiger charge is -2.11. The van der Waals surface area contributed by atoms with Crippen molar-refractivity contribution < 1.29 is 8.42 Å². The molecule has 3 heterocycles. The molecule has 5 rings (SSSR count). The first-order chi connectivity index (χ1) is 16.9. The number of benzene rings is 2. The standard InChI is InChI=1S/C23H17Cl2N7O2S/c24-18-5-3-6-19(20(18)25)35(33,34)32-15-9-7-14(8-10-15)21-29-22(17-13-28-31-23(17)30-21)27-12-16-4-1-2-11-26-16/h1-11,13,32H,12H2,(H2,27,28,29,30,31). The number of nitrogens with one attached hydrogen (secondary N) is 3. The largest absolute Gasteiger partial charge is 0.364 e. The van der Waals surface area contributed by atoms with Gasteiger partial charge < -0.3 is 5.32 Å². The van der Waals surface area contributed by atoms with Gasteiger partial charge in [0.2, 0.25) is 0 Å². The molecule has 0 aliphatic carbocycles. The number of pyridine rings is 1. The predicted octanol–water partition coefficient (Wildman–Crippen LogP) is 5.13. The molecule has 0 bridgehead atoms. The van der Waals surface area contributed by atoms with Gasteiger partial charge >= 0.3 is 0 Å². The van der Waals surface area contributed by atoms with Gasteiger partial charge in [0, 0.05) is 17.4 Å². The summed E-state index contributed by atoms with van der Waals surface area (Å²) in [6.45, 7) is 0.477. The predicted molar refractivity (Wildman–Crippen MR) is 136 cm³/mol. The molecule has 5 aromatic rings. The Hall–Kier alpha value is -3.73. The molecule has 12 heteroatoms. The number of aromatic amines is 1. The molecule has 176 valence electrons. The lowest BCUT2D eigenvalue weighted by molar-refractivity contribution is 0.601. The van der Waals surface area contributed by atoms with E-state index in [1.54, 1.807) is 36.7 Å². The van der Waals surface area contributed by atoms with E-state index >= 15 is 0 Å². The number of rotatable bonds is 7. The molecular formula is C23H17Cl2N7O2S. The molecule has 3 N–H and O–H groups in total. The van der Waals surface area contributed by atoms with Crippen LogP contribution in [-0.2, 0) is 16.6 Å². The van der Waals surface area contributed by atoms with E-state index in [2.05, 4.69) is 35.2 Å². The molecule has 0 fully saturated rings. The Morgan fingerprint density at radius 1 is 0.943 bits per heavy atom. The highest BCUT2D eigenvalue weighted by Crippen LogP contribution is 2.31. The molecule has 0 spiro atoms. The van der Waals surface area contributed by atoms with Crippen LogP contribution < -0.4 is 10.0 Å². The zero-order valence-electron chi connectivity index (χ0n) is 17.9. The van der Waals surface area contributed by atoms with Gasteiger partial charge in [-0.25, -0.2) is 18.4 Å². The van der Waals surface area contributed by atoms with Crippen molar-refractivity contribution in [3.63, 3.8) is 0 Å². The van der Waals surface area contributed by atoms with Gasteiger partial charge in [0.1, 0.15) is 10.7 Å². The lowest BCUT2D eigenvalue weighted by atomic mass is 10.2. The number of hydrogen-bond donors (Lipinski definition) is 3. The number of halogens is 2. The Morgan fingerprint density at radius 3 is 2.54 bits per heavy atom. The maximum atomic E-state index is 12.8. The van der Waals surface area contributed by atoms with Crippen molar-refractivity contribution in [1.29, 1.82) is 0 Å². The monoisotopic (exact) mass is 525 g/mol. The molecule has 0 saturated carbocycles. The fourth-order valence-corrected chi connectivity index (χ4v) is 5.19. The smallest absolute Gasteiger partial charge is 0.263 e. The molecule has 9 nitrogen and oxygen atoms in total. The van der Waals surface area contributed by atoms with Gasteiger partial charge in [-0.1, -0.05) is 35.3 Å². The third kappa shape index (κ3) is 4.90. The van der Waals surface area contributed by atoms with Crippen LogP contribution in [0.15, 0.2) is 78.0 Å². The summed E-state index contributed by atoms with van der Waals surface area (Å²) < 4.78 is 28.1. The van der Waals surface area contributed by atoms with Gasteiger partial charge in [-0.3, -0.25) is 14.8 Å². The van der Waals surface area contributed by atoms with Crippen LogP contribution in [0, 0.1) is 0 Å². The van der Waals surface area contributed by atoms with Gasteiger partial charge in [-0.05, 0) is 48.5 Å². The second-order valence-electron chi connectivity index (χ2n) is 7.44. The molecule has 0 unspecified atom stereocenters. The average molecular weight is 526 g/mol. The van der Waals surface area contributed by atoms with Crippen molar-refractivity contribution in [2.24, 2.45) is 0 Å². The first-order valence-corrected chi connectivity index (χ1v) is 12.6. The molecule has 2 aromatic carbocycles. The van der Waals surface area contributed by atoms with Crippen LogP contribution in [0.5, 0.6) is 0 Å². The summed E-state index contributed by atoms with van der Waals surface area (Å²) in [4.78, 5) is 13.4. The zero-order chi connectivity index (χ0) is 24.4. The summed E-state index contributed by atoms with van der Waals surface area (Å²) in [6.07, 6.45) is 3.38. The van der Waals surface area contributed by atoms with Gasteiger partial charge in [-0.15, -0.1) is 0 Å². The van der Waals surface area contributed by atoms with E-state index in [4.69, 9.17) is 23.2 Å². The maximum Gasteiger partial charge on any atom is 0.263 e. The summed E-state index contributed by atoms with van der Waals surface area (Å²) in [6, 6.07) is 16.8. The second-order valence-corrected chi connectivity index (χ2v) is 9.87. The molecule has 0 saturated heterocycles. The number of H-pyrrole nitrogens is 1. The Balaban J connectivity index is 1.40. The van der Waals surface area contributed by atoms with Gasteiger partial charge in [0.15, 0.2) is 11.5 Å². The van der Waals surface area contributed by atoms with Gasteiger partial charge in [0.05, 0.1) is 33.9 Å². The number of anilines is 2. The molecule has 0 aliphatic rings. The average Bonchev–Trinajstić information content (AvgIpc) is 3.34. The first kappa shape index (κ1) is 23.0. The fraction of sp³-hybridized carbons (Fsp3) is 0.0435. The highest BCUT2D eigenvalue weighted by atomic mass is 35.5. The minimum absolute atomic E-state index is 0.0368. The Kier molecular flexibility index (Phi) is 6.25. The van der Waals surface area contributed by atoms with Crippen molar-refractivity contribution in [1.82, 2.24) is 25.1 Å². The number of sulfonamides is 1. The molecule has 3 aromatic heterocycles. The van der Waals surface area contributed by atoms with Crippen molar-refractivity contribution in [2.75, 3.05) is 10.0 Å². The number of hydrogen-bond acceptors (Lipinski definition) is 7. The summed E-state index contributed by atoms with van der Waals surface area (Å²) in [7, 11) is -3.93. The highest BCUT2D eigenvalue weighted by Gasteiger charge is 2.20. The summed E-state index contributed by atoms with van der Waals surface area (Å²) in [5, 5.41) is 11.1. The highest BCUT2D eigenvalue weighted by molar-refractivity contribution is 7.92. The van der Waals surface area contributed by atoms with Crippen molar-refractivity contribution in [3.05, 3.63) is 88.8 Å². The van der Waals surface area contributed by atoms with E-state index in [0.29, 0.717) is 35.1 Å². The Bertz CT molecular complexity index is 1610. The number of aromatic nitrogens is 5. The molecule has 0 atom stereocenters. The fourth-order valence-electron chi connectivity index (χ4n) is 3.36. The molecule has 0 amide bonds. The second kappa shape index (κ2) is 9.49. The lowest BCUT2D eigenvalue weighted by Crippen LogP contribution is -2.13. The number of nitrogens with zero attached hydrogens (tertiary/aromatic N) is 4. The minimum Gasteiger partial charge on any atom is -0.364 e. The van der Waals surface area contributed by atoms with E-state index < -0.39 is 10.0 Å². The van der Waals surface area contributed by atoms with Crippen molar-refractivity contribution in [3.8, 4) is 11.4 Å². The first-order valence-electron chi connectivity index (χ1n) is 10.3. The van der Waals surface area contributed by atoms with Crippen LogP contribution in [-0.4, -0.2) is 33.6 Å². The zero-order valence-corrected chi connectivity index (χ0v) is 20.2. The topological polar surface area (TPSA) is 126 Å². The van der Waals surface area contributed by atoms with E-state index in [1.165, 1.54) is 18.2 Å². The van der Waals surface area contributed by atoms with E-state index in [9.17, 15) is 8.42 Å². The van der Waals surface area contributed by atoms with Crippen LogP contribution in [0.25, 0.3) is 22.4 Å². The van der Waals surface area contributed by atoms with Crippen LogP contribution in [0.4, 0.5) is 11.5 Å². The SMILES string of the molecule is O=S(=O)(Nc1ccc(-c2nc(NCc3ccccn3)c3cn[nH]c3n2)cc1)c1cccc(Cl)c1Cl.